The number of nitrogens with two attached hydrogens (primary N) is 1. The Kier molecular flexibility index (Phi) is 3.75. The average Bonchev–Trinajstić information content (AvgIpc) is 2.25. The second-order valence-corrected chi connectivity index (χ2v) is 5.43. The molecule has 1 aliphatic carbocycles. The van der Waals surface area contributed by atoms with Gasteiger partial charge in [0.15, 0.2) is 0 Å². The molecule has 4 nitrogen and oxygen atoms in total. The molecular formula is C14H20FN3O. The lowest BCUT2D eigenvalue weighted by Gasteiger charge is -2.47. The molecule has 0 heterocycles. The molecule has 0 aromatic heterocycles. The minimum absolute atomic E-state index is 0.0501. The van der Waals surface area contributed by atoms with Crippen LogP contribution < -0.4 is 11.1 Å². The summed E-state index contributed by atoms with van der Waals surface area (Å²) >= 11 is 0. The molecule has 1 saturated carbocycles. The van der Waals surface area contributed by atoms with Crippen molar-refractivity contribution in [1.29, 1.82) is 0 Å². The monoisotopic (exact) mass is 265 g/mol. The first kappa shape index (κ1) is 13.8. The molecule has 1 amide bonds. The summed E-state index contributed by atoms with van der Waals surface area (Å²) in [5.74, 6) is -0.768. The smallest absolute Gasteiger partial charge is 0.251 e. The molecule has 0 atom stereocenters. The molecule has 2 rings (SSSR count). The molecule has 0 spiro atoms. The van der Waals surface area contributed by atoms with Crippen LogP contribution in [0.5, 0.6) is 0 Å². The zero-order valence-corrected chi connectivity index (χ0v) is 11.4. The van der Waals surface area contributed by atoms with Crippen molar-refractivity contribution >= 4 is 11.6 Å². The molecule has 0 saturated heterocycles. The minimum Gasteiger partial charge on any atom is -0.399 e. The van der Waals surface area contributed by atoms with E-state index < -0.39 is 5.82 Å². The zero-order valence-electron chi connectivity index (χ0n) is 11.4. The van der Waals surface area contributed by atoms with Crippen molar-refractivity contribution in [3.05, 3.63) is 29.6 Å². The van der Waals surface area contributed by atoms with Gasteiger partial charge in [-0.2, -0.15) is 0 Å². The van der Waals surface area contributed by atoms with Crippen LogP contribution in [0, 0.1) is 5.82 Å². The molecule has 0 radical (unpaired) electrons. The van der Waals surface area contributed by atoms with Crippen molar-refractivity contribution in [3.8, 4) is 0 Å². The van der Waals surface area contributed by atoms with Crippen LogP contribution in [0.1, 0.15) is 29.6 Å². The van der Waals surface area contributed by atoms with Crippen molar-refractivity contribution in [2.24, 2.45) is 0 Å². The van der Waals surface area contributed by atoms with Gasteiger partial charge < -0.3 is 16.0 Å². The quantitative estimate of drug-likeness (QED) is 0.813. The lowest BCUT2D eigenvalue weighted by molar-refractivity contribution is 0.0557. The van der Waals surface area contributed by atoms with Gasteiger partial charge in [0, 0.05) is 23.3 Å². The fraction of sp³-hybridized carbons (Fsp3) is 0.500. The first-order valence-electron chi connectivity index (χ1n) is 6.45. The number of hydrogen-bond donors (Lipinski definition) is 2. The third kappa shape index (κ3) is 2.87. The number of hydrogen-bond acceptors (Lipinski definition) is 3. The summed E-state index contributed by atoms with van der Waals surface area (Å²) in [6.45, 7) is 0.579. The number of nitrogens with zero attached hydrogens (tertiary/aromatic N) is 1. The number of carbonyl (C=O) groups excluding carboxylic acids is 1. The highest BCUT2D eigenvalue weighted by Crippen LogP contribution is 2.35. The number of amides is 1. The van der Waals surface area contributed by atoms with Crippen LogP contribution in [-0.4, -0.2) is 37.0 Å². The van der Waals surface area contributed by atoms with Gasteiger partial charge in [-0.15, -0.1) is 0 Å². The number of nitrogen functional groups attached to an aromatic ring is 1. The van der Waals surface area contributed by atoms with Gasteiger partial charge in [-0.25, -0.2) is 4.39 Å². The Labute approximate surface area is 112 Å². The summed E-state index contributed by atoms with van der Waals surface area (Å²) in [6.07, 6.45) is 3.33. The molecule has 0 aliphatic heterocycles. The topological polar surface area (TPSA) is 58.4 Å². The van der Waals surface area contributed by atoms with Gasteiger partial charge in [-0.05, 0) is 51.6 Å². The van der Waals surface area contributed by atoms with E-state index in [9.17, 15) is 9.18 Å². The Bertz CT molecular complexity index is 463. The van der Waals surface area contributed by atoms with E-state index >= 15 is 0 Å². The van der Waals surface area contributed by atoms with Gasteiger partial charge in [0.25, 0.3) is 5.91 Å². The molecule has 1 fully saturated rings. The number of anilines is 1. The van der Waals surface area contributed by atoms with E-state index in [0.29, 0.717) is 6.54 Å². The van der Waals surface area contributed by atoms with Gasteiger partial charge in [-0.3, -0.25) is 4.79 Å². The van der Waals surface area contributed by atoms with Crippen LogP contribution in [0.3, 0.4) is 0 Å². The third-order valence-electron chi connectivity index (χ3n) is 3.99. The van der Waals surface area contributed by atoms with Crippen molar-refractivity contribution in [2.75, 3.05) is 26.4 Å². The number of likely N-dealkylation sites (N-methyl/N-ethyl adjacent to an activating group) is 1. The van der Waals surface area contributed by atoms with Crippen LogP contribution >= 0.6 is 0 Å². The average molecular weight is 265 g/mol. The predicted molar refractivity (Wildman–Crippen MR) is 73.4 cm³/mol. The Morgan fingerprint density at radius 3 is 2.58 bits per heavy atom. The van der Waals surface area contributed by atoms with E-state index in [4.69, 9.17) is 5.73 Å². The maximum atomic E-state index is 13.2. The highest BCUT2D eigenvalue weighted by molar-refractivity contribution is 5.95. The van der Waals surface area contributed by atoms with Crippen LogP contribution in [0.15, 0.2) is 18.2 Å². The van der Waals surface area contributed by atoms with Crippen LogP contribution in [0.2, 0.25) is 0 Å². The normalized spacial score (nSPS) is 17.1. The van der Waals surface area contributed by atoms with Gasteiger partial charge in [-0.1, -0.05) is 0 Å². The van der Waals surface area contributed by atoms with Crippen LogP contribution in [0.25, 0.3) is 0 Å². The predicted octanol–water partition coefficient (Wildman–Crippen LogP) is 1.62. The second-order valence-electron chi connectivity index (χ2n) is 5.43. The van der Waals surface area contributed by atoms with E-state index in [-0.39, 0.29) is 22.7 Å². The maximum Gasteiger partial charge on any atom is 0.251 e. The summed E-state index contributed by atoms with van der Waals surface area (Å²) in [7, 11) is 4.04. The lowest BCUT2D eigenvalue weighted by Crippen LogP contribution is -2.57. The third-order valence-corrected chi connectivity index (χ3v) is 3.99. The molecule has 0 unspecified atom stereocenters. The zero-order chi connectivity index (χ0) is 14.0. The Hall–Kier alpha value is -1.62. The second kappa shape index (κ2) is 5.17. The number of halogens is 1. The van der Waals surface area contributed by atoms with E-state index in [1.54, 1.807) is 0 Å². The van der Waals surface area contributed by atoms with Gasteiger partial charge in [0.2, 0.25) is 0 Å². The molecule has 1 aromatic carbocycles. The first-order valence-corrected chi connectivity index (χ1v) is 6.45. The van der Waals surface area contributed by atoms with E-state index in [1.165, 1.54) is 24.6 Å². The van der Waals surface area contributed by atoms with E-state index in [2.05, 4.69) is 10.2 Å². The van der Waals surface area contributed by atoms with Crippen molar-refractivity contribution < 1.29 is 9.18 Å². The van der Waals surface area contributed by atoms with Gasteiger partial charge >= 0.3 is 0 Å². The Balaban J connectivity index is 2.01. The molecule has 5 heteroatoms. The maximum absolute atomic E-state index is 13.2. The first-order chi connectivity index (χ1) is 8.93. The molecule has 104 valence electrons. The highest BCUT2D eigenvalue weighted by Gasteiger charge is 2.39. The fourth-order valence-electron chi connectivity index (χ4n) is 2.46. The molecule has 19 heavy (non-hydrogen) atoms. The summed E-state index contributed by atoms with van der Waals surface area (Å²) in [5, 5.41) is 2.87. The van der Waals surface area contributed by atoms with E-state index in [0.717, 1.165) is 12.8 Å². The summed E-state index contributed by atoms with van der Waals surface area (Å²) in [4.78, 5) is 14.2. The summed E-state index contributed by atoms with van der Waals surface area (Å²) < 4.78 is 13.2. The standard InChI is InChI=1S/C14H20FN3O/c1-18(2)14(4-3-5-14)9-17-13(19)10-6-11(15)8-12(16)7-10/h6-8H,3-5,9,16H2,1-2H3,(H,17,19). The van der Waals surface area contributed by atoms with Crippen LogP contribution in [0.4, 0.5) is 10.1 Å². The Morgan fingerprint density at radius 2 is 2.11 bits per heavy atom. The van der Waals surface area contributed by atoms with Crippen molar-refractivity contribution in [1.82, 2.24) is 10.2 Å². The number of benzene rings is 1. The number of rotatable bonds is 4. The molecular weight excluding hydrogens is 245 g/mol. The van der Waals surface area contributed by atoms with Crippen LogP contribution in [-0.2, 0) is 0 Å². The molecule has 3 N–H and O–H groups in total. The van der Waals surface area contributed by atoms with Gasteiger partial charge in [0.1, 0.15) is 5.82 Å². The van der Waals surface area contributed by atoms with E-state index in [1.807, 2.05) is 14.1 Å². The number of nitrogens with one attached hydrogen (secondary N) is 1. The fourth-order valence-corrected chi connectivity index (χ4v) is 2.46. The van der Waals surface area contributed by atoms with Crippen molar-refractivity contribution in [2.45, 2.75) is 24.8 Å². The summed E-state index contributed by atoms with van der Waals surface area (Å²) in [6, 6.07) is 3.89. The molecule has 1 aliphatic rings. The Morgan fingerprint density at radius 1 is 1.42 bits per heavy atom. The van der Waals surface area contributed by atoms with Crippen molar-refractivity contribution in [3.63, 3.8) is 0 Å². The largest absolute Gasteiger partial charge is 0.399 e. The summed E-state index contributed by atoms with van der Waals surface area (Å²) in [5.41, 5.74) is 6.12. The highest BCUT2D eigenvalue weighted by atomic mass is 19.1. The number of carbonyl (C=O) groups is 1. The SMILES string of the molecule is CN(C)C1(CNC(=O)c2cc(N)cc(F)c2)CCC1. The lowest BCUT2D eigenvalue weighted by atomic mass is 9.75. The molecule has 1 aromatic rings. The van der Waals surface area contributed by atoms with Gasteiger partial charge in [0.05, 0.1) is 0 Å². The minimum atomic E-state index is -0.490. The molecule has 0 bridgehead atoms.